The highest BCUT2D eigenvalue weighted by molar-refractivity contribution is 5.91. The zero-order valence-electron chi connectivity index (χ0n) is 12.8. The topological polar surface area (TPSA) is 93.1 Å². The zero-order valence-corrected chi connectivity index (χ0v) is 12.8. The molecule has 7 nitrogen and oxygen atoms in total. The van der Waals surface area contributed by atoms with Crippen LogP contribution >= 0.6 is 0 Å². The van der Waals surface area contributed by atoms with Gasteiger partial charge in [-0.1, -0.05) is 18.6 Å². The summed E-state index contributed by atoms with van der Waals surface area (Å²) in [7, 11) is 1.35. The number of carboxylic acids is 1. The first-order valence-electron chi connectivity index (χ1n) is 7.97. The van der Waals surface area contributed by atoms with E-state index in [4.69, 9.17) is 9.47 Å². The minimum absolute atomic E-state index is 0.204. The Kier molecular flexibility index (Phi) is 3.07. The largest absolute Gasteiger partial charge is 0.481 e. The predicted molar refractivity (Wildman–Crippen MR) is 76.2 cm³/mol. The molecule has 6 atom stereocenters. The summed E-state index contributed by atoms with van der Waals surface area (Å²) in [6.07, 6.45) is 5.34. The lowest BCUT2D eigenvalue weighted by Crippen LogP contribution is -2.44. The van der Waals surface area contributed by atoms with E-state index in [1.807, 2.05) is 6.08 Å². The highest BCUT2D eigenvalue weighted by atomic mass is 16.5. The molecule has 7 heteroatoms. The molecule has 4 aliphatic rings. The standard InChI is InChI=1S/C16H19NO6/c1-22-15(21)8-3-2-4-9(8)17-7-16-6-5-10(23-16)11(14(19)20)12(16)13(17)18/h5-6,8-12H,2-4,7H2,1H3,(H,19,20). The van der Waals surface area contributed by atoms with Crippen molar-refractivity contribution in [1.29, 1.82) is 0 Å². The summed E-state index contributed by atoms with van der Waals surface area (Å²) in [4.78, 5) is 38.1. The smallest absolute Gasteiger partial charge is 0.310 e. The van der Waals surface area contributed by atoms with Crippen LogP contribution in [-0.2, 0) is 23.9 Å². The maximum Gasteiger partial charge on any atom is 0.310 e. The molecule has 0 aromatic rings. The van der Waals surface area contributed by atoms with Gasteiger partial charge in [0.1, 0.15) is 11.5 Å². The van der Waals surface area contributed by atoms with Crippen LogP contribution in [0.15, 0.2) is 12.2 Å². The Balaban J connectivity index is 1.64. The van der Waals surface area contributed by atoms with Crippen molar-refractivity contribution < 1.29 is 29.0 Å². The Morgan fingerprint density at radius 1 is 1.43 bits per heavy atom. The Hall–Kier alpha value is -1.89. The van der Waals surface area contributed by atoms with Crippen LogP contribution in [0.2, 0.25) is 0 Å². The fraction of sp³-hybridized carbons (Fsp3) is 0.688. The molecule has 3 heterocycles. The lowest BCUT2D eigenvalue weighted by Gasteiger charge is -2.30. The molecule has 0 aromatic heterocycles. The molecule has 0 aromatic carbocycles. The van der Waals surface area contributed by atoms with Crippen molar-refractivity contribution in [3.8, 4) is 0 Å². The Bertz CT molecular complexity index is 616. The van der Waals surface area contributed by atoms with Crippen LogP contribution in [0.1, 0.15) is 19.3 Å². The molecule has 1 saturated carbocycles. The molecule has 2 saturated heterocycles. The van der Waals surface area contributed by atoms with Gasteiger partial charge in [0.2, 0.25) is 5.91 Å². The third-order valence-corrected chi connectivity index (χ3v) is 5.80. The number of carboxylic acid groups (broad SMARTS) is 1. The second kappa shape index (κ2) is 4.80. The maximum absolute atomic E-state index is 12.9. The SMILES string of the molecule is COC(=O)C1CCCC1N1CC23C=CC(O2)C(C(=O)O)C3C1=O. The fourth-order valence-corrected chi connectivity index (χ4v) is 4.83. The molecule has 6 unspecified atom stereocenters. The molecule has 4 rings (SSSR count). The first kappa shape index (κ1) is 14.7. The molecule has 3 aliphatic heterocycles. The summed E-state index contributed by atoms with van der Waals surface area (Å²) in [5.74, 6) is -3.36. The van der Waals surface area contributed by atoms with Crippen LogP contribution in [0.3, 0.4) is 0 Å². The van der Waals surface area contributed by atoms with Gasteiger partial charge in [-0.2, -0.15) is 0 Å². The van der Waals surface area contributed by atoms with E-state index in [9.17, 15) is 19.5 Å². The number of ether oxygens (including phenoxy) is 2. The van der Waals surface area contributed by atoms with E-state index >= 15 is 0 Å². The van der Waals surface area contributed by atoms with Crippen LogP contribution in [0, 0.1) is 17.8 Å². The number of likely N-dealkylation sites (tertiary alicyclic amines) is 1. The van der Waals surface area contributed by atoms with Gasteiger partial charge >= 0.3 is 11.9 Å². The summed E-state index contributed by atoms with van der Waals surface area (Å²) in [6, 6.07) is -0.222. The number of hydrogen-bond donors (Lipinski definition) is 1. The molecule has 124 valence electrons. The zero-order chi connectivity index (χ0) is 16.4. The quantitative estimate of drug-likeness (QED) is 0.589. The van der Waals surface area contributed by atoms with Crippen LogP contribution in [0.5, 0.6) is 0 Å². The monoisotopic (exact) mass is 321 g/mol. The molecular weight excluding hydrogens is 302 g/mol. The number of nitrogens with zero attached hydrogens (tertiary/aromatic N) is 1. The first-order chi connectivity index (χ1) is 11.0. The van der Waals surface area contributed by atoms with Gasteiger partial charge in [-0.15, -0.1) is 0 Å². The van der Waals surface area contributed by atoms with E-state index in [2.05, 4.69) is 0 Å². The normalized spacial score (nSPS) is 44.0. The summed E-state index contributed by atoms with van der Waals surface area (Å²) in [5.41, 5.74) is -0.839. The number of amides is 1. The minimum atomic E-state index is -1.00. The summed E-state index contributed by atoms with van der Waals surface area (Å²) in [5, 5.41) is 9.47. The van der Waals surface area contributed by atoms with Crippen molar-refractivity contribution >= 4 is 17.8 Å². The molecule has 0 radical (unpaired) electrons. The maximum atomic E-state index is 12.9. The lowest BCUT2D eigenvalue weighted by atomic mass is 9.77. The predicted octanol–water partition coefficient (Wildman–Crippen LogP) is 0.195. The molecule has 1 spiro atoms. The highest BCUT2D eigenvalue weighted by Crippen LogP contribution is 2.53. The summed E-state index contributed by atoms with van der Waals surface area (Å²) < 4.78 is 10.7. The van der Waals surface area contributed by atoms with Crippen molar-refractivity contribution in [1.82, 2.24) is 4.90 Å². The summed E-state index contributed by atoms with van der Waals surface area (Å²) in [6.45, 7) is 0.325. The van der Waals surface area contributed by atoms with Gasteiger partial charge in [-0.05, 0) is 12.8 Å². The minimum Gasteiger partial charge on any atom is -0.481 e. The van der Waals surface area contributed by atoms with Crippen molar-refractivity contribution in [3.05, 3.63) is 12.2 Å². The molecule has 1 aliphatic carbocycles. The molecule has 3 fully saturated rings. The number of carbonyl (C=O) groups excluding carboxylic acids is 2. The van der Waals surface area contributed by atoms with Gasteiger partial charge < -0.3 is 19.5 Å². The number of hydrogen-bond acceptors (Lipinski definition) is 5. The highest BCUT2D eigenvalue weighted by Gasteiger charge is 2.68. The lowest BCUT2D eigenvalue weighted by molar-refractivity contribution is -0.152. The van der Waals surface area contributed by atoms with Gasteiger partial charge in [0, 0.05) is 6.04 Å². The Labute approximate surface area is 133 Å². The molecule has 1 N–H and O–H groups in total. The van der Waals surface area contributed by atoms with E-state index in [-0.39, 0.29) is 23.8 Å². The van der Waals surface area contributed by atoms with E-state index in [0.29, 0.717) is 13.0 Å². The fourth-order valence-electron chi connectivity index (χ4n) is 4.83. The second-order valence-electron chi connectivity index (χ2n) is 6.83. The van der Waals surface area contributed by atoms with Crippen molar-refractivity contribution in [3.63, 3.8) is 0 Å². The molecule has 1 amide bonds. The number of methoxy groups -OCH3 is 1. The first-order valence-corrected chi connectivity index (χ1v) is 7.97. The van der Waals surface area contributed by atoms with Crippen molar-refractivity contribution in [2.45, 2.75) is 37.0 Å². The Morgan fingerprint density at radius 3 is 2.91 bits per heavy atom. The average molecular weight is 321 g/mol. The van der Waals surface area contributed by atoms with Crippen LogP contribution in [0.25, 0.3) is 0 Å². The number of esters is 1. The molecule has 2 bridgehead atoms. The number of aliphatic carboxylic acids is 1. The third-order valence-electron chi connectivity index (χ3n) is 5.80. The van der Waals surface area contributed by atoms with Gasteiger partial charge in [-0.25, -0.2) is 0 Å². The van der Waals surface area contributed by atoms with E-state index in [0.717, 1.165) is 12.8 Å². The molecular formula is C16H19NO6. The Morgan fingerprint density at radius 2 is 2.22 bits per heavy atom. The van der Waals surface area contributed by atoms with Crippen LogP contribution < -0.4 is 0 Å². The van der Waals surface area contributed by atoms with Crippen molar-refractivity contribution in [2.24, 2.45) is 17.8 Å². The van der Waals surface area contributed by atoms with E-state index < -0.39 is 29.5 Å². The second-order valence-corrected chi connectivity index (χ2v) is 6.83. The van der Waals surface area contributed by atoms with E-state index in [1.54, 1.807) is 11.0 Å². The van der Waals surface area contributed by atoms with Crippen LogP contribution in [-0.4, -0.2) is 59.3 Å². The summed E-state index contributed by atoms with van der Waals surface area (Å²) >= 11 is 0. The molecule has 23 heavy (non-hydrogen) atoms. The number of carbonyl (C=O) groups is 3. The number of rotatable bonds is 3. The van der Waals surface area contributed by atoms with Gasteiger partial charge in [0.05, 0.1) is 31.6 Å². The van der Waals surface area contributed by atoms with Gasteiger partial charge in [-0.3, -0.25) is 14.4 Å². The van der Waals surface area contributed by atoms with Gasteiger partial charge in [0.25, 0.3) is 0 Å². The van der Waals surface area contributed by atoms with E-state index in [1.165, 1.54) is 7.11 Å². The van der Waals surface area contributed by atoms with Gasteiger partial charge in [0.15, 0.2) is 0 Å². The third kappa shape index (κ3) is 1.83. The average Bonchev–Trinajstić information content (AvgIpc) is 3.25. The number of fused-ring (bicyclic) bond motifs is 1. The van der Waals surface area contributed by atoms with Crippen molar-refractivity contribution in [2.75, 3.05) is 13.7 Å². The van der Waals surface area contributed by atoms with Crippen LogP contribution in [0.4, 0.5) is 0 Å².